The normalized spacial score (nSPS) is 15.0. The van der Waals surface area contributed by atoms with Crippen LogP contribution in [0.2, 0.25) is 0 Å². The Morgan fingerprint density at radius 2 is 1.86 bits per heavy atom. The zero-order chi connectivity index (χ0) is 19.7. The predicted molar refractivity (Wildman–Crippen MR) is 107 cm³/mol. The first kappa shape index (κ1) is 18.3. The molecule has 0 unspecified atom stereocenters. The highest BCUT2D eigenvalue weighted by Crippen LogP contribution is 2.33. The van der Waals surface area contributed by atoms with Gasteiger partial charge in [-0.25, -0.2) is 4.39 Å². The minimum Gasteiger partial charge on any atom is -0.493 e. The van der Waals surface area contributed by atoms with Crippen LogP contribution in [-0.2, 0) is 0 Å². The van der Waals surface area contributed by atoms with Gasteiger partial charge in [0.25, 0.3) is 5.91 Å². The summed E-state index contributed by atoms with van der Waals surface area (Å²) in [5.74, 6) is 0.649. The van der Waals surface area contributed by atoms with Crippen molar-refractivity contribution in [1.82, 2.24) is 4.90 Å². The zero-order valence-electron chi connectivity index (χ0n) is 16.1. The standard InChI is InChI=1S/C22H23FN2O3/c1-15-18-5-3-6-19(27-2)21(18)28-20(15)22(26)25-12-4-11-24(13-14-25)17-9-7-16(23)8-10-17/h3,5-10H,4,11-14H2,1-2H3. The summed E-state index contributed by atoms with van der Waals surface area (Å²) in [6.45, 7) is 4.66. The monoisotopic (exact) mass is 382 g/mol. The van der Waals surface area contributed by atoms with E-state index in [1.807, 2.05) is 30.0 Å². The largest absolute Gasteiger partial charge is 0.493 e. The third-order valence-electron chi connectivity index (χ3n) is 5.32. The molecule has 1 aliphatic rings. The van der Waals surface area contributed by atoms with Crippen LogP contribution in [0, 0.1) is 12.7 Å². The van der Waals surface area contributed by atoms with E-state index in [2.05, 4.69) is 4.90 Å². The lowest BCUT2D eigenvalue weighted by molar-refractivity contribution is 0.0736. The third-order valence-corrected chi connectivity index (χ3v) is 5.32. The van der Waals surface area contributed by atoms with E-state index in [0.717, 1.165) is 29.6 Å². The number of carbonyl (C=O) groups excluding carboxylic acids is 1. The fourth-order valence-electron chi connectivity index (χ4n) is 3.76. The second kappa shape index (κ2) is 7.54. The Labute approximate surface area is 163 Å². The first-order valence-electron chi connectivity index (χ1n) is 9.44. The summed E-state index contributed by atoms with van der Waals surface area (Å²) in [7, 11) is 1.59. The number of anilines is 1. The predicted octanol–water partition coefficient (Wildman–Crippen LogP) is 4.24. The number of hydrogen-bond acceptors (Lipinski definition) is 4. The van der Waals surface area contributed by atoms with Crippen molar-refractivity contribution in [2.75, 3.05) is 38.2 Å². The molecule has 2 aromatic carbocycles. The average Bonchev–Trinajstić information content (AvgIpc) is 2.90. The van der Waals surface area contributed by atoms with Gasteiger partial charge < -0.3 is 19.0 Å². The number of fused-ring (bicyclic) bond motifs is 1. The molecule has 1 aromatic heterocycles. The van der Waals surface area contributed by atoms with Crippen LogP contribution in [-0.4, -0.2) is 44.1 Å². The van der Waals surface area contributed by atoms with Crippen LogP contribution in [0.1, 0.15) is 22.5 Å². The highest BCUT2D eigenvalue weighted by molar-refractivity contribution is 6.00. The number of hydrogen-bond donors (Lipinski definition) is 0. The van der Waals surface area contributed by atoms with Crippen molar-refractivity contribution >= 4 is 22.6 Å². The molecule has 146 valence electrons. The molecule has 0 radical (unpaired) electrons. The van der Waals surface area contributed by atoms with Gasteiger partial charge in [0.05, 0.1) is 7.11 Å². The van der Waals surface area contributed by atoms with E-state index in [4.69, 9.17) is 9.15 Å². The van der Waals surface area contributed by atoms with Crippen molar-refractivity contribution in [1.29, 1.82) is 0 Å². The average molecular weight is 382 g/mol. The van der Waals surface area contributed by atoms with Crippen molar-refractivity contribution in [3.63, 3.8) is 0 Å². The summed E-state index contributed by atoms with van der Waals surface area (Å²) in [6.07, 6.45) is 0.839. The molecule has 5 nitrogen and oxygen atoms in total. The maximum Gasteiger partial charge on any atom is 0.289 e. The molecular formula is C22H23FN2O3. The van der Waals surface area contributed by atoms with Crippen LogP contribution in [0.25, 0.3) is 11.0 Å². The molecule has 0 bridgehead atoms. The van der Waals surface area contributed by atoms with Gasteiger partial charge in [0, 0.05) is 42.8 Å². The topological polar surface area (TPSA) is 45.9 Å². The summed E-state index contributed by atoms with van der Waals surface area (Å²) >= 11 is 0. The summed E-state index contributed by atoms with van der Waals surface area (Å²) in [6, 6.07) is 12.1. The van der Waals surface area contributed by atoms with Gasteiger partial charge in [0.1, 0.15) is 5.82 Å². The van der Waals surface area contributed by atoms with Crippen molar-refractivity contribution in [2.24, 2.45) is 0 Å². The Morgan fingerprint density at radius 1 is 1.07 bits per heavy atom. The number of benzene rings is 2. The second-order valence-electron chi connectivity index (χ2n) is 7.00. The molecule has 6 heteroatoms. The van der Waals surface area contributed by atoms with Crippen LogP contribution in [0.15, 0.2) is 46.9 Å². The Hall–Kier alpha value is -3.02. The van der Waals surface area contributed by atoms with Gasteiger partial charge in [0.2, 0.25) is 0 Å². The molecule has 3 aromatic rings. The van der Waals surface area contributed by atoms with Gasteiger partial charge in [-0.2, -0.15) is 0 Å². The van der Waals surface area contributed by atoms with E-state index < -0.39 is 0 Å². The van der Waals surface area contributed by atoms with E-state index in [1.54, 1.807) is 19.2 Å². The number of rotatable bonds is 3. The van der Waals surface area contributed by atoms with Gasteiger partial charge >= 0.3 is 0 Å². The molecule has 28 heavy (non-hydrogen) atoms. The van der Waals surface area contributed by atoms with Crippen LogP contribution in [0.5, 0.6) is 5.75 Å². The second-order valence-corrected chi connectivity index (χ2v) is 7.00. The molecule has 0 aliphatic carbocycles. The van der Waals surface area contributed by atoms with Crippen LogP contribution in [0.3, 0.4) is 0 Å². The Bertz CT molecular complexity index is 997. The van der Waals surface area contributed by atoms with E-state index >= 15 is 0 Å². The lowest BCUT2D eigenvalue weighted by Gasteiger charge is -2.23. The third kappa shape index (κ3) is 3.30. The summed E-state index contributed by atoms with van der Waals surface area (Å²) in [4.78, 5) is 17.2. The maximum atomic E-state index is 13.2. The number of amides is 1. The number of ether oxygens (including phenoxy) is 1. The molecule has 0 atom stereocenters. The lowest BCUT2D eigenvalue weighted by Crippen LogP contribution is -2.35. The number of carbonyl (C=O) groups is 1. The highest BCUT2D eigenvalue weighted by atomic mass is 19.1. The molecule has 0 saturated carbocycles. The van der Waals surface area contributed by atoms with Gasteiger partial charge in [-0.1, -0.05) is 12.1 Å². The van der Waals surface area contributed by atoms with Crippen LogP contribution < -0.4 is 9.64 Å². The van der Waals surface area contributed by atoms with Gasteiger partial charge in [0.15, 0.2) is 17.1 Å². The number of furan rings is 1. The van der Waals surface area contributed by atoms with Crippen molar-refractivity contribution in [3.05, 3.63) is 59.6 Å². The molecular weight excluding hydrogens is 359 g/mol. The van der Waals surface area contributed by atoms with Crippen LogP contribution in [0.4, 0.5) is 10.1 Å². The Kier molecular flexibility index (Phi) is 4.94. The fraction of sp³-hybridized carbons (Fsp3) is 0.318. The highest BCUT2D eigenvalue weighted by Gasteiger charge is 2.26. The smallest absolute Gasteiger partial charge is 0.289 e. The van der Waals surface area contributed by atoms with E-state index in [-0.39, 0.29) is 11.7 Å². The number of halogens is 1. The fourth-order valence-corrected chi connectivity index (χ4v) is 3.76. The maximum absolute atomic E-state index is 13.2. The molecule has 0 spiro atoms. The molecule has 1 fully saturated rings. The van der Waals surface area contributed by atoms with Crippen molar-refractivity contribution in [2.45, 2.75) is 13.3 Å². The molecule has 1 aliphatic heterocycles. The number of para-hydroxylation sites is 1. The van der Waals surface area contributed by atoms with Gasteiger partial charge in [-0.15, -0.1) is 0 Å². The van der Waals surface area contributed by atoms with Gasteiger partial charge in [-0.05, 0) is 43.7 Å². The Balaban J connectivity index is 1.55. The van der Waals surface area contributed by atoms with E-state index in [0.29, 0.717) is 36.7 Å². The minimum absolute atomic E-state index is 0.100. The Morgan fingerprint density at radius 3 is 2.61 bits per heavy atom. The molecule has 2 heterocycles. The molecule has 1 saturated heterocycles. The summed E-state index contributed by atoms with van der Waals surface area (Å²) in [5, 5.41) is 0.894. The summed E-state index contributed by atoms with van der Waals surface area (Å²) < 4.78 is 24.5. The van der Waals surface area contributed by atoms with E-state index in [9.17, 15) is 9.18 Å². The zero-order valence-corrected chi connectivity index (χ0v) is 16.1. The first-order valence-corrected chi connectivity index (χ1v) is 9.44. The van der Waals surface area contributed by atoms with E-state index in [1.165, 1.54) is 12.1 Å². The molecule has 0 N–H and O–H groups in total. The van der Waals surface area contributed by atoms with Gasteiger partial charge in [-0.3, -0.25) is 4.79 Å². The van der Waals surface area contributed by atoms with Crippen LogP contribution >= 0.6 is 0 Å². The van der Waals surface area contributed by atoms with Crippen molar-refractivity contribution in [3.8, 4) is 5.75 Å². The minimum atomic E-state index is -0.244. The number of nitrogens with zero attached hydrogens (tertiary/aromatic N) is 2. The summed E-state index contributed by atoms with van der Waals surface area (Å²) in [5.41, 5.74) is 2.41. The quantitative estimate of drug-likeness (QED) is 0.680. The molecule has 1 amide bonds. The SMILES string of the molecule is COc1cccc2c(C)c(C(=O)N3CCCN(c4ccc(F)cc4)CC3)oc12. The first-order chi connectivity index (χ1) is 13.6. The number of methoxy groups -OCH3 is 1. The lowest BCUT2D eigenvalue weighted by atomic mass is 10.1. The molecule has 4 rings (SSSR count). The van der Waals surface area contributed by atoms with Crippen molar-refractivity contribution < 1.29 is 18.3 Å². The number of aryl methyl sites for hydroxylation is 1.